The van der Waals surface area contributed by atoms with Crippen molar-refractivity contribution >= 4 is 0 Å². The van der Waals surface area contributed by atoms with Crippen molar-refractivity contribution in [2.45, 2.75) is 31.2 Å². The van der Waals surface area contributed by atoms with Crippen LogP contribution in [-0.2, 0) is 6.42 Å². The van der Waals surface area contributed by atoms with Gasteiger partial charge in [-0.2, -0.15) is 0 Å². The molecule has 5 heteroatoms. The summed E-state index contributed by atoms with van der Waals surface area (Å²) in [5.41, 5.74) is 4.67. The monoisotopic (exact) mass is 299 g/mol. The quantitative estimate of drug-likeness (QED) is 0.588. The number of rotatable bonds is 1. The molecular weight excluding hydrogens is 282 g/mol. The average Bonchev–Trinajstić information content (AvgIpc) is 2.52. The highest BCUT2D eigenvalue weighted by Gasteiger charge is 2.44. The summed E-state index contributed by atoms with van der Waals surface area (Å²) in [5.74, 6) is 0. The first-order valence-corrected chi connectivity index (χ1v) is 7.30. The Hall–Kier alpha value is -1.76. The molecule has 22 heavy (non-hydrogen) atoms. The zero-order valence-electron chi connectivity index (χ0n) is 11.8. The summed E-state index contributed by atoms with van der Waals surface area (Å²) in [4.78, 5) is 1.16. The summed E-state index contributed by atoms with van der Waals surface area (Å²) >= 11 is 0. The Balaban J connectivity index is 1.99. The first-order chi connectivity index (χ1) is 10.6. The maximum absolute atomic E-state index is 10.3. The van der Waals surface area contributed by atoms with E-state index in [1.807, 2.05) is 36.4 Å². The molecule has 1 aliphatic carbocycles. The number of aliphatic hydroxyl groups excluding tert-OH is 3. The van der Waals surface area contributed by atoms with E-state index in [-0.39, 0.29) is 6.04 Å². The van der Waals surface area contributed by atoms with Crippen LogP contribution in [0.15, 0.2) is 42.5 Å². The molecule has 0 fully saturated rings. The maximum Gasteiger partial charge on any atom is 0.216 e. The van der Waals surface area contributed by atoms with Crippen molar-refractivity contribution in [3.8, 4) is 11.1 Å². The Kier molecular flexibility index (Phi) is 3.07. The van der Waals surface area contributed by atoms with E-state index in [1.165, 1.54) is 0 Å². The summed E-state index contributed by atoms with van der Waals surface area (Å²) in [6.45, 7) is 0. The predicted molar refractivity (Wildman–Crippen MR) is 79.4 cm³/mol. The Morgan fingerprint density at radius 1 is 0.955 bits per heavy atom. The van der Waals surface area contributed by atoms with Crippen LogP contribution < -0.4 is 0 Å². The second kappa shape index (κ2) is 4.87. The number of hydrogen-bond donors (Lipinski definition) is 4. The van der Waals surface area contributed by atoms with Crippen molar-refractivity contribution < 1.29 is 20.4 Å². The predicted octanol–water partition coefficient (Wildman–Crippen LogP) is 0.886. The van der Waals surface area contributed by atoms with Crippen molar-refractivity contribution in [2.75, 3.05) is 0 Å². The third-order valence-electron chi connectivity index (χ3n) is 4.73. The molecule has 5 nitrogen and oxygen atoms in total. The van der Waals surface area contributed by atoms with Crippen LogP contribution in [0, 0.1) is 0 Å². The number of benzene rings is 2. The largest absolute Gasteiger partial charge is 0.384 e. The maximum atomic E-state index is 10.3. The Bertz CT molecular complexity index is 730. The lowest BCUT2D eigenvalue weighted by Gasteiger charge is -2.46. The van der Waals surface area contributed by atoms with E-state index in [0.29, 0.717) is 12.0 Å². The van der Waals surface area contributed by atoms with Gasteiger partial charge in [0.2, 0.25) is 6.41 Å². The number of aliphatic hydroxyl groups is 4. The van der Waals surface area contributed by atoms with Crippen LogP contribution in [-0.4, -0.2) is 38.0 Å². The van der Waals surface area contributed by atoms with E-state index in [0.717, 1.165) is 27.2 Å². The van der Waals surface area contributed by atoms with Gasteiger partial charge in [-0.05, 0) is 34.2 Å². The van der Waals surface area contributed by atoms with Gasteiger partial charge in [0.1, 0.15) is 12.3 Å². The van der Waals surface area contributed by atoms with Crippen LogP contribution in [0.25, 0.3) is 11.1 Å². The van der Waals surface area contributed by atoms with Gasteiger partial charge in [-0.3, -0.25) is 0 Å². The smallest absolute Gasteiger partial charge is 0.216 e. The molecule has 0 aromatic heterocycles. The third-order valence-corrected chi connectivity index (χ3v) is 4.73. The highest BCUT2D eigenvalue weighted by atomic mass is 16.5. The second-order valence-electron chi connectivity index (χ2n) is 5.84. The lowest BCUT2D eigenvalue weighted by atomic mass is 9.76. The molecule has 3 atom stereocenters. The van der Waals surface area contributed by atoms with Crippen LogP contribution in [0.1, 0.15) is 28.8 Å². The fourth-order valence-electron chi connectivity index (χ4n) is 3.78. The lowest BCUT2D eigenvalue weighted by Crippen LogP contribution is -2.52. The van der Waals surface area contributed by atoms with E-state index >= 15 is 0 Å². The van der Waals surface area contributed by atoms with Gasteiger partial charge in [0.05, 0.1) is 0 Å². The van der Waals surface area contributed by atoms with Gasteiger partial charge in [-0.15, -0.1) is 0 Å². The van der Waals surface area contributed by atoms with Crippen molar-refractivity contribution in [2.24, 2.45) is 0 Å². The zero-order chi connectivity index (χ0) is 15.4. The normalized spacial score (nSPS) is 26.7. The van der Waals surface area contributed by atoms with Crippen molar-refractivity contribution in [1.82, 2.24) is 4.90 Å². The van der Waals surface area contributed by atoms with Gasteiger partial charge in [-0.25, -0.2) is 4.90 Å². The van der Waals surface area contributed by atoms with Crippen LogP contribution in [0.2, 0.25) is 0 Å². The SMILES string of the molecule is OC1c2cccc3c2C(Cc2ccccc2-3)N(C(O)O)C1O. The van der Waals surface area contributed by atoms with E-state index in [1.54, 1.807) is 6.07 Å². The highest BCUT2D eigenvalue weighted by Crippen LogP contribution is 2.48. The molecule has 1 heterocycles. The second-order valence-corrected chi connectivity index (χ2v) is 5.84. The molecule has 2 aromatic carbocycles. The third kappa shape index (κ3) is 1.78. The molecule has 4 rings (SSSR count). The van der Waals surface area contributed by atoms with Crippen LogP contribution in [0.4, 0.5) is 0 Å². The minimum absolute atomic E-state index is 0.375. The van der Waals surface area contributed by atoms with Crippen molar-refractivity contribution in [1.29, 1.82) is 0 Å². The minimum atomic E-state index is -1.83. The Labute approximate surface area is 127 Å². The van der Waals surface area contributed by atoms with Gasteiger partial charge in [-0.1, -0.05) is 42.5 Å². The van der Waals surface area contributed by atoms with Crippen LogP contribution in [0.3, 0.4) is 0 Å². The fourth-order valence-corrected chi connectivity index (χ4v) is 3.78. The first-order valence-electron chi connectivity index (χ1n) is 7.30. The zero-order valence-corrected chi connectivity index (χ0v) is 11.8. The van der Waals surface area contributed by atoms with Gasteiger partial charge in [0, 0.05) is 6.04 Å². The topological polar surface area (TPSA) is 84.2 Å². The summed E-state index contributed by atoms with van der Waals surface area (Å²) in [6.07, 6.45) is -3.79. The minimum Gasteiger partial charge on any atom is -0.384 e. The standard InChI is InChI=1S/C17H17NO4/c19-15-12-7-3-6-11-10-5-2-1-4-9(10)8-13(14(11)12)18(16(15)20)17(21)22/h1-7,13,15-17,19-22H,8H2. The molecule has 2 aromatic rings. The summed E-state index contributed by atoms with van der Waals surface area (Å²) < 4.78 is 0. The van der Waals surface area contributed by atoms with Crippen LogP contribution in [0.5, 0.6) is 0 Å². The number of nitrogens with zero attached hydrogens (tertiary/aromatic N) is 1. The Morgan fingerprint density at radius 3 is 2.45 bits per heavy atom. The molecule has 0 bridgehead atoms. The first kappa shape index (κ1) is 13.9. The van der Waals surface area contributed by atoms with Crippen molar-refractivity contribution in [3.63, 3.8) is 0 Å². The van der Waals surface area contributed by atoms with E-state index in [2.05, 4.69) is 0 Å². The summed E-state index contributed by atoms with van der Waals surface area (Å²) in [5, 5.41) is 40.0. The van der Waals surface area contributed by atoms with Gasteiger partial charge < -0.3 is 20.4 Å². The molecule has 0 saturated heterocycles. The molecule has 0 saturated carbocycles. The number of hydrogen-bond acceptors (Lipinski definition) is 5. The number of fused-ring (bicyclic) bond motifs is 2. The molecule has 0 radical (unpaired) electrons. The highest BCUT2D eigenvalue weighted by molar-refractivity contribution is 5.75. The summed E-state index contributed by atoms with van der Waals surface area (Å²) in [7, 11) is 0. The van der Waals surface area contributed by atoms with Gasteiger partial charge in [0.15, 0.2) is 0 Å². The molecule has 2 aliphatic rings. The molecular formula is C17H17NO4. The molecule has 0 spiro atoms. The Morgan fingerprint density at radius 2 is 1.68 bits per heavy atom. The molecule has 0 amide bonds. The van der Waals surface area contributed by atoms with Gasteiger partial charge in [0.25, 0.3) is 0 Å². The lowest BCUT2D eigenvalue weighted by molar-refractivity contribution is -0.250. The molecule has 3 unspecified atom stereocenters. The van der Waals surface area contributed by atoms with Crippen LogP contribution >= 0.6 is 0 Å². The molecule has 4 N–H and O–H groups in total. The fraction of sp³-hybridized carbons (Fsp3) is 0.294. The molecule has 114 valence electrons. The molecule has 1 aliphatic heterocycles. The average molecular weight is 299 g/mol. The van der Waals surface area contributed by atoms with E-state index < -0.39 is 18.7 Å². The van der Waals surface area contributed by atoms with E-state index in [9.17, 15) is 20.4 Å². The van der Waals surface area contributed by atoms with E-state index in [4.69, 9.17) is 0 Å². The van der Waals surface area contributed by atoms with Crippen molar-refractivity contribution in [3.05, 3.63) is 59.2 Å². The summed E-state index contributed by atoms with van der Waals surface area (Å²) in [6, 6.07) is 13.2. The van der Waals surface area contributed by atoms with Gasteiger partial charge >= 0.3 is 0 Å².